The van der Waals surface area contributed by atoms with E-state index in [-0.39, 0.29) is 35.9 Å². The van der Waals surface area contributed by atoms with Gasteiger partial charge >= 0.3 is 6.09 Å². The molecule has 2 fully saturated rings. The van der Waals surface area contributed by atoms with E-state index in [2.05, 4.69) is 79.5 Å². The fourth-order valence-corrected chi connectivity index (χ4v) is 9.50. The number of nitrogens with one attached hydrogen (secondary N) is 1. The maximum atomic E-state index is 13.3. The lowest BCUT2D eigenvalue weighted by molar-refractivity contribution is -0.384. The Hall–Kier alpha value is -4.59. The molecule has 13 heteroatoms. The molecule has 11 nitrogen and oxygen atoms in total. The minimum Gasteiger partial charge on any atom is -0.445 e. The molecule has 3 heterocycles. The molecule has 0 radical (unpaired) electrons. The summed E-state index contributed by atoms with van der Waals surface area (Å²) < 4.78 is 12.5. The quantitative estimate of drug-likeness (QED) is 0.140. The van der Waals surface area contributed by atoms with Crippen molar-refractivity contribution in [2.45, 2.75) is 52.5 Å². The Labute approximate surface area is 291 Å². The summed E-state index contributed by atoms with van der Waals surface area (Å²) in [5.74, 6) is 0.0648. The number of nitrogens with zero attached hydrogens (tertiary/aromatic N) is 4. The number of carbonyl (C=O) groups excluding carboxylic acids is 2. The molecule has 0 spiro atoms. The van der Waals surface area contributed by atoms with Crippen LogP contribution in [0.4, 0.5) is 15.6 Å². The van der Waals surface area contributed by atoms with Crippen molar-refractivity contribution >= 4 is 53.6 Å². The highest BCUT2D eigenvalue weighted by molar-refractivity contribution is 7.14. The number of hydrogen-bond acceptors (Lipinski definition) is 9. The molecule has 3 aromatic carbocycles. The predicted molar refractivity (Wildman–Crippen MR) is 192 cm³/mol. The number of aromatic nitrogens is 1. The van der Waals surface area contributed by atoms with Gasteiger partial charge in [-0.25, -0.2) is 9.78 Å². The Morgan fingerprint density at radius 1 is 0.980 bits per heavy atom. The van der Waals surface area contributed by atoms with Gasteiger partial charge in [0.1, 0.15) is 18.5 Å². The first-order chi connectivity index (χ1) is 23.6. The molecule has 1 N–H and O–H groups in total. The first-order valence-electron chi connectivity index (χ1n) is 16.5. The lowest BCUT2D eigenvalue weighted by Crippen LogP contribution is -2.65. The molecule has 0 saturated carbocycles. The number of ether oxygens (including phenoxy) is 1. The summed E-state index contributed by atoms with van der Waals surface area (Å²) in [6.07, 6.45) is 0.575. The molecule has 6 rings (SSSR count). The molecule has 1 aromatic heterocycles. The third kappa shape index (κ3) is 8.18. The smallest absolute Gasteiger partial charge is 0.410 e. The second-order valence-electron chi connectivity index (χ2n) is 13.6. The van der Waals surface area contributed by atoms with Gasteiger partial charge in [0.15, 0.2) is 5.13 Å². The lowest BCUT2D eigenvalue weighted by atomic mass is 9.74. The van der Waals surface area contributed by atoms with E-state index in [1.807, 2.05) is 12.1 Å². The zero-order chi connectivity index (χ0) is 34.5. The molecule has 49 heavy (non-hydrogen) atoms. The van der Waals surface area contributed by atoms with Gasteiger partial charge in [0, 0.05) is 49.1 Å². The number of hydrogen-bond donors (Lipinski definition) is 1. The van der Waals surface area contributed by atoms with Crippen molar-refractivity contribution in [3.8, 4) is 0 Å². The van der Waals surface area contributed by atoms with Gasteiger partial charge in [-0.1, -0.05) is 81.4 Å². The number of amides is 2. The maximum Gasteiger partial charge on any atom is 0.410 e. The summed E-state index contributed by atoms with van der Waals surface area (Å²) in [5.41, 5.74) is 1.06. The van der Waals surface area contributed by atoms with Gasteiger partial charge in [-0.2, -0.15) is 0 Å². The standard InChI is InChI=1S/C36H41N5O6SSi/c1-36(2,3)30-22-40(33(30)47-49(28-10-6-4-7-11-28)29-12-8-5-9-13-29)34-38-31(24-48-34)32(42)37-26-18-20-39(21-19-26)35(43)46-23-25-14-16-27(17-15-25)41(44)45/h4-17,24,26,30,33,49H,18-23H2,1-3H3,(H,37,42). The lowest BCUT2D eigenvalue weighted by Gasteiger charge is -2.54. The number of thiazole rings is 1. The highest BCUT2D eigenvalue weighted by Crippen LogP contribution is 2.43. The maximum absolute atomic E-state index is 13.3. The SMILES string of the molecule is CC(C)(C)C1CN(c2nc(C(=O)NC3CCN(C(=O)OCc4ccc([N+](=O)[O-])cc4)CC3)cs2)C1O[SiH](c1ccccc1)c1ccccc1. The molecule has 2 atom stereocenters. The zero-order valence-electron chi connectivity index (χ0n) is 27.9. The van der Waals surface area contributed by atoms with Gasteiger partial charge in [-0.05, 0) is 46.3 Å². The first-order valence-corrected chi connectivity index (χ1v) is 19.0. The second-order valence-corrected chi connectivity index (χ2v) is 16.8. The van der Waals surface area contributed by atoms with E-state index in [0.29, 0.717) is 43.1 Å². The predicted octanol–water partition coefficient (Wildman–Crippen LogP) is 4.95. The number of piperidine rings is 1. The summed E-state index contributed by atoms with van der Waals surface area (Å²) in [6.45, 7) is 8.46. The topological polar surface area (TPSA) is 127 Å². The molecule has 0 bridgehead atoms. The van der Waals surface area contributed by atoms with Crippen LogP contribution in [-0.4, -0.2) is 67.8 Å². The van der Waals surface area contributed by atoms with E-state index in [4.69, 9.17) is 14.1 Å². The van der Waals surface area contributed by atoms with Crippen molar-refractivity contribution in [3.63, 3.8) is 0 Å². The molecule has 2 unspecified atom stereocenters. The summed E-state index contributed by atoms with van der Waals surface area (Å²) in [4.78, 5) is 44.9. The fourth-order valence-electron chi connectivity index (χ4n) is 6.20. The van der Waals surface area contributed by atoms with Crippen molar-refractivity contribution in [3.05, 3.63) is 112 Å². The number of non-ortho nitro benzene ring substituents is 1. The monoisotopic (exact) mass is 699 g/mol. The van der Waals surface area contributed by atoms with Gasteiger partial charge < -0.3 is 24.3 Å². The van der Waals surface area contributed by atoms with E-state index in [0.717, 1.165) is 11.7 Å². The molecule has 2 amide bonds. The van der Waals surface area contributed by atoms with Crippen LogP contribution in [0.25, 0.3) is 0 Å². The Morgan fingerprint density at radius 2 is 1.59 bits per heavy atom. The summed E-state index contributed by atoms with van der Waals surface area (Å²) in [7, 11) is -2.03. The van der Waals surface area contributed by atoms with E-state index in [9.17, 15) is 19.7 Å². The van der Waals surface area contributed by atoms with Crippen LogP contribution in [0.5, 0.6) is 0 Å². The van der Waals surface area contributed by atoms with E-state index < -0.39 is 20.1 Å². The third-order valence-electron chi connectivity index (χ3n) is 9.21. The Bertz CT molecular complexity index is 1700. The first kappa shape index (κ1) is 34.3. The van der Waals surface area contributed by atoms with Crippen LogP contribution in [0.3, 0.4) is 0 Å². The summed E-state index contributed by atoms with van der Waals surface area (Å²) in [5, 5.41) is 19.0. The number of carbonyl (C=O) groups is 2. The molecule has 256 valence electrons. The minimum absolute atomic E-state index is 0.0154. The highest BCUT2D eigenvalue weighted by atomic mass is 32.1. The second kappa shape index (κ2) is 14.9. The van der Waals surface area contributed by atoms with Crippen molar-refractivity contribution in [1.29, 1.82) is 0 Å². The normalized spacial score (nSPS) is 18.2. The van der Waals surface area contributed by atoms with Gasteiger partial charge in [0.2, 0.25) is 9.04 Å². The molecular weight excluding hydrogens is 659 g/mol. The average molecular weight is 700 g/mol. The van der Waals surface area contributed by atoms with Crippen molar-refractivity contribution in [1.82, 2.24) is 15.2 Å². The molecule has 0 aliphatic carbocycles. The van der Waals surface area contributed by atoms with Gasteiger partial charge in [0.25, 0.3) is 11.6 Å². The van der Waals surface area contributed by atoms with Crippen molar-refractivity contribution in [2.24, 2.45) is 11.3 Å². The Morgan fingerprint density at radius 3 is 2.16 bits per heavy atom. The van der Waals surface area contributed by atoms with Crippen LogP contribution in [0.15, 0.2) is 90.3 Å². The Balaban J connectivity index is 1.05. The van der Waals surface area contributed by atoms with Crippen LogP contribution in [0.2, 0.25) is 0 Å². The van der Waals surface area contributed by atoms with Gasteiger partial charge in [-0.15, -0.1) is 11.3 Å². The summed E-state index contributed by atoms with van der Waals surface area (Å²) >= 11 is 1.46. The number of anilines is 1. The van der Waals surface area contributed by atoms with Crippen LogP contribution < -0.4 is 20.6 Å². The molecule has 2 saturated heterocycles. The van der Waals surface area contributed by atoms with Crippen LogP contribution in [0, 0.1) is 21.4 Å². The Kier molecular flexibility index (Phi) is 10.4. The van der Waals surface area contributed by atoms with Crippen LogP contribution in [-0.2, 0) is 15.8 Å². The number of nitro groups is 1. The fraction of sp³-hybridized carbons (Fsp3) is 0.361. The largest absolute Gasteiger partial charge is 0.445 e. The highest BCUT2D eigenvalue weighted by Gasteiger charge is 2.48. The molecule has 2 aliphatic rings. The number of rotatable bonds is 10. The van der Waals surface area contributed by atoms with Crippen molar-refractivity contribution < 1.29 is 23.7 Å². The zero-order valence-corrected chi connectivity index (χ0v) is 29.8. The molecule has 2 aliphatic heterocycles. The van der Waals surface area contributed by atoms with Gasteiger partial charge in [-0.3, -0.25) is 14.9 Å². The van der Waals surface area contributed by atoms with Gasteiger partial charge in [0.05, 0.1) is 4.92 Å². The number of nitro benzene ring substituents is 1. The molecular formula is C36H41N5O6SSi. The van der Waals surface area contributed by atoms with Crippen molar-refractivity contribution in [2.75, 3.05) is 24.5 Å². The average Bonchev–Trinajstić information content (AvgIpc) is 3.57. The van der Waals surface area contributed by atoms with Crippen LogP contribution in [0.1, 0.15) is 49.7 Å². The third-order valence-corrected chi connectivity index (χ3v) is 12.6. The molecule has 4 aromatic rings. The van der Waals surface area contributed by atoms with Crippen LogP contribution >= 0.6 is 11.3 Å². The van der Waals surface area contributed by atoms with E-state index in [1.165, 1.54) is 33.8 Å². The number of likely N-dealkylation sites (tertiary alicyclic amines) is 1. The summed E-state index contributed by atoms with van der Waals surface area (Å²) in [6, 6.07) is 26.7. The number of benzene rings is 3. The van der Waals surface area contributed by atoms with E-state index in [1.54, 1.807) is 22.4 Å². The minimum atomic E-state index is -2.03. The van der Waals surface area contributed by atoms with E-state index >= 15 is 0 Å².